The minimum absolute atomic E-state index is 0.0330. The zero-order valence-corrected chi connectivity index (χ0v) is 54.5. The minimum Gasteiger partial charge on any atom is -0.462 e. The molecular weight excluding hydrogens is 1010 g/mol. The summed E-state index contributed by atoms with van der Waals surface area (Å²) >= 11 is 0. The number of quaternary nitrogens is 1. The molecule has 0 aliphatic carbocycles. The van der Waals surface area contributed by atoms with Crippen LogP contribution < -0.4 is 0 Å². The Hall–Kier alpha value is -2.03. The second-order valence-electron chi connectivity index (χ2n) is 24.6. The van der Waals surface area contributed by atoms with Crippen molar-refractivity contribution >= 4 is 19.8 Å². The average molecular weight is 1150 g/mol. The van der Waals surface area contributed by atoms with Crippen LogP contribution in [0.25, 0.3) is 0 Å². The van der Waals surface area contributed by atoms with Crippen LogP contribution in [0.4, 0.5) is 0 Å². The van der Waals surface area contributed by atoms with Gasteiger partial charge in [0.1, 0.15) is 19.8 Å². The molecule has 80 heavy (non-hydrogen) atoms. The van der Waals surface area contributed by atoms with E-state index in [4.69, 9.17) is 18.5 Å². The normalized spacial score (nSPS) is 13.4. The van der Waals surface area contributed by atoms with Crippen molar-refractivity contribution in [3.63, 3.8) is 0 Å². The number of hydrogen-bond donors (Lipinski definition) is 1. The van der Waals surface area contributed by atoms with Gasteiger partial charge in [-0.2, -0.15) is 0 Å². The fourth-order valence-corrected chi connectivity index (χ4v) is 10.8. The molecule has 0 aromatic heterocycles. The first-order valence-corrected chi connectivity index (χ1v) is 35.9. The largest absolute Gasteiger partial charge is 0.472 e. The van der Waals surface area contributed by atoms with Crippen molar-refractivity contribution in [2.75, 3.05) is 47.5 Å². The maximum absolute atomic E-state index is 12.9. The highest BCUT2D eigenvalue weighted by Gasteiger charge is 2.27. The van der Waals surface area contributed by atoms with Crippen LogP contribution in [-0.2, 0) is 32.7 Å². The van der Waals surface area contributed by atoms with Crippen molar-refractivity contribution in [2.45, 2.75) is 341 Å². The molecule has 0 heterocycles. The van der Waals surface area contributed by atoms with Crippen molar-refractivity contribution in [1.29, 1.82) is 0 Å². The molecule has 0 rings (SSSR count). The summed E-state index contributed by atoms with van der Waals surface area (Å²) in [6.07, 6.45) is 79.2. The number of ether oxygens (including phenoxy) is 2. The standard InChI is InChI=1S/C70H132NO8P/c1-6-8-10-12-14-16-18-20-22-24-26-28-30-32-33-34-35-36-37-39-41-43-45-47-49-51-53-55-57-59-61-63-70(73)79-68(67-78-80(74,75)77-65-64-71(3,4)5)66-76-69(72)62-60-58-56-54-52-50-48-46-44-42-40-38-31-29-27-25-23-21-19-17-15-13-11-9-7-2/h18-21,24-27,68H,6-17,22-23,28-67H2,1-5H3/p+1/b20-18-,21-19-,26-24-,27-25-. The van der Waals surface area contributed by atoms with Gasteiger partial charge in [-0.3, -0.25) is 18.6 Å². The number of carbonyl (C=O) groups excluding carboxylic acids is 2. The Morgan fingerprint density at radius 2 is 0.675 bits per heavy atom. The van der Waals surface area contributed by atoms with E-state index in [1.165, 1.54) is 257 Å². The third kappa shape index (κ3) is 65.1. The average Bonchev–Trinajstić information content (AvgIpc) is 3.42. The van der Waals surface area contributed by atoms with Gasteiger partial charge < -0.3 is 18.9 Å². The maximum atomic E-state index is 12.9. The number of hydrogen-bond acceptors (Lipinski definition) is 7. The third-order valence-corrected chi connectivity index (χ3v) is 16.3. The van der Waals surface area contributed by atoms with E-state index in [2.05, 4.69) is 62.5 Å². The van der Waals surface area contributed by atoms with Crippen LogP contribution in [0, 0.1) is 0 Å². The highest BCUT2D eigenvalue weighted by atomic mass is 31.2. The van der Waals surface area contributed by atoms with Gasteiger partial charge in [0, 0.05) is 12.8 Å². The summed E-state index contributed by atoms with van der Waals surface area (Å²) in [5.41, 5.74) is 0. The lowest BCUT2D eigenvalue weighted by molar-refractivity contribution is -0.870. The Balaban J connectivity index is 4.02. The summed E-state index contributed by atoms with van der Waals surface area (Å²) in [5.74, 6) is -0.782. The van der Waals surface area contributed by atoms with Crippen LogP contribution in [-0.4, -0.2) is 74.9 Å². The number of esters is 2. The van der Waals surface area contributed by atoms with Crippen molar-refractivity contribution in [2.24, 2.45) is 0 Å². The van der Waals surface area contributed by atoms with Crippen molar-refractivity contribution in [3.8, 4) is 0 Å². The molecule has 0 saturated heterocycles. The number of rotatable bonds is 64. The Kier molecular flexibility index (Phi) is 60.0. The van der Waals surface area contributed by atoms with Gasteiger partial charge in [-0.25, -0.2) is 4.57 Å². The van der Waals surface area contributed by atoms with Gasteiger partial charge >= 0.3 is 19.8 Å². The molecule has 9 nitrogen and oxygen atoms in total. The summed E-state index contributed by atoms with van der Waals surface area (Å²) in [7, 11) is 1.49. The van der Waals surface area contributed by atoms with Gasteiger partial charge in [0.25, 0.3) is 0 Å². The number of phosphoric ester groups is 1. The van der Waals surface area contributed by atoms with Crippen LogP contribution in [0.15, 0.2) is 48.6 Å². The SMILES string of the molecule is CCCCCCC/C=C\C/C=C\CCCCCCCCCCCCCCCCCCCCCC(=O)OC(COC(=O)CCCCCCCCCCCCCCC/C=C\C/C=C\CCCCCCC)COP(=O)(O)OCC[N+](C)(C)C. The molecule has 0 radical (unpaired) electrons. The predicted octanol–water partition coefficient (Wildman–Crippen LogP) is 22.1. The lowest BCUT2D eigenvalue weighted by Gasteiger charge is -2.24. The first-order chi connectivity index (χ1) is 39.0. The van der Waals surface area contributed by atoms with E-state index in [-0.39, 0.29) is 25.6 Å². The van der Waals surface area contributed by atoms with Gasteiger partial charge in [-0.1, -0.05) is 294 Å². The lowest BCUT2D eigenvalue weighted by Crippen LogP contribution is -2.37. The number of allylic oxidation sites excluding steroid dienone is 8. The molecule has 0 amide bonds. The first kappa shape index (κ1) is 78.0. The van der Waals surface area contributed by atoms with Gasteiger partial charge in [-0.15, -0.1) is 0 Å². The highest BCUT2D eigenvalue weighted by Crippen LogP contribution is 2.43. The van der Waals surface area contributed by atoms with E-state index in [1.807, 2.05) is 21.1 Å². The summed E-state index contributed by atoms with van der Waals surface area (Å²) in [5, 5.41) is 0. The molecule has 0 saturated carbocycles. The zero-order valence-electron chi connectivity index (χ0n) is 53.6. The second kappa shape index (κ2) is 61.5. The van der Waals surface area contributed by atoms with E-state index < -0.39 is 26.5 Å². The van der Waals surface area contributed by atoms with Crippen molar-refractivity contribution < 1.29 is 42.1 Å². The van der Waals surface area contributed by atoms with E-state index in [0.29, 0.717) is 23.9 Å². The van der Waals surface area contributed by atoms with E-state index >= 15 is 0 Å². The molecule has 0 aromatic rings. The molecule has 0 aliphatic heterocycles. The number of unbranched alkanes of at least 4 members (excludes halogenated alkanes) is 42. The van der Waals surface area contributed by atoms with Crippen molar-refractivity contribution in [1.82, 2.24) is 0 Å². The van der Waals surface area contributed by atoms with Gasteiger partial charge in [0.05, 0.1) is 27.7 Å². The summed E-state index contributed by atoms with van der Waals surface area (Å²) in [4.78, 5) is 35.8. The predicted molar refractivity (Wildman–Crippen MR) is 344 cm³/mol. The fraction of sp³-hybridized carbons (Fsp3) is 0.857. The number of likely N-dealkylation sites (N-methyl/N-ethyl adjacent to an activating group) is 1. The molecule has 0 bridgehead atoms. The third-order valence-electron chi connectivity index (χ3n) is 15.3. The van der Waals surface area contributed by atoms with Crippen LogP contribution in [0.3, 0.4) is 0 Å². The highest BCUT2D eigenvalue weighted by molar-refractivity contribution is 7.47. The Morgan fingerprint density at radius 3 is 0.988 bits per heavy atom. The quantitative estimate of drug-likeness (QED) is 0.0211. The molecule has 0 spiro atoms. The van der Waals surface area contributed by atoms with Gasteiger partial charge in [0.2, 0.25) is 0 Å². The minimum atomic E-state index is -4.39. The number of carbonyl (C=O) groups is 2. The molecule has 1 N–H and O–H groups in total. The van der Waals surface area contributed by atoms with Crippen LogP contribution in [0.1, 0.15) is 335 Å². The molecular formula is C70H133NO8P+. The topological polar surface area (TPSA) is 108 Å². The van der Waals surface area contributed by atoms with E-state index in [9.17, 15) is 19.0 Å². The summed E-state index contributed by atoms with van der Waals surface area (Å²) < 4.78 is 34.7. The maximum Gasteiger partial charge on any atom is 0.472 e. The first-order valence-electron chi connectivity index (χ1n) is 34.4. The molecule has 0 fully saturated rings. The molecule has 10 heteroatoms. The lowest BCUT2D eigenvalue weighted by atomic mass is 10.0. The van der Waals surface area contributed by atoms with Crippen LogP contribution >= 0.6 is 7.82 Å². The van der Waals surface area contributed by atoms with Gasteiger partial charge in [-0.05, 0) is 77.0 Å². The number of phosphoric acid groups is 1. The van der Waals surface area contributed by atoms with Crippen molar-refractivity contribution in [3.05, 3.63) is 48.6 Å². The Bertz CT molecular complexity index is 1490. The smallest absolute Gasteiger partial charge is 0.462 e. The number of nitrogens with zero attached hydrogens (tertiary/aromatic N) is 1. The molecule has 470 valence electrons. The summed E-state index contributed by atoms with van der Waals surface area (Å²) in [6, 6.07) is 0. The molecule has 0 aromatic carbocycles. The van der Waals surface area contributed by atoms with E-state index in [1.54, 1.807) is 0 Å². The van der Waals surface area contributed by atoms with Crippen LogP contribution in [0.2, 0.25) is 0 Å². The Labute approximate surface area is 496 Å². The fourth-order valence-electron chi connectivity index (χ4n) is 10.0. The second-order valence-corrected chi connectivity index (χ2v) is 26.0. The van der Waals surface area contributed by atoms with Gasteiger partial charge in [0.15, 0.2) is 6.10 Å². The molecule has 2 unspecified atom stereocenters. The zero-order chi connectivity index (χ0) is 58.4. The van der Waals surface area contributed by atoms with Crippen LogP contribution in [0.5, 0.6) is 0 Å². The summed E-state index contributed by atoms with van der Waals surface area (Å²) in [6.45, 7) is 4.47. The molecule has 0 aliphatic rings. The van der Waals surface area contributed by atoms with E-state index in [0.717, 1.165) is 44.9 Å². The Morgan fingerprint density at radius 1 is 0.388 bits per heavy atom. The molecule has 2 atom stereocenters. The monoisotopic (exact) mass is 1150 g/mol.